The first-order chi connectivity index (χ1) is 9.15. The number of ether oxygens (including phenoxy) is 1. The van der Waals surface area contributed by atoms with Crippen LogP contribution in [0.4, 0.5) is 15.8 Å². The van der Waals surface area contributed by atoms with Crippen LogP contribution in [-0.4, -0.2) is 7.11 Å². The summed E-state index contributed by atoms with van der Waals surface area (Å²) in [6, 6.07) is 11.2. The van der Waals surface area contributed by atoms with Crippen LogP contribution >= 0.6 is 11.6 Å². The van der Waals surface area contributed by atoms with E-state index in [1.165, 1.54) is 19.2 Å². The lowest BCUT2D eigenvalue weighted by Crippen LogP contribution is -1.97. The van der Waals surface area contributed by atoms with Crippen molar-refractivity contribution in [2.24, 2.45) is 0 Å². The Morgan fingerprint density at radius 2 is 2.05 bits per heavy atom. The first kappa shape index (κ1) is 13.2. The molecule has 0 radical (unpaired) electrons. The molecule has 0 saturated heterocycles. The minimum absolute atomic E-state index is 0.0543. The third-order valence-electron chi connectivity index (χ3n) is 2.57. The molecule has 2 aromatic carbocycles. The maximum absolute atomic E-state index is 13.5. The van der Waals surface area contributed by atoms with Gasteiger partial charge in [0.25, 0.3) is 0 Å². The molecule has 96 valence electrons. The van der Waals surface area contributed by atoms with Crippen molar-refractivity contribution in [3.05, 3.63) is 52.8 Å². The Labute approximate surface area is 115 Å². The highest BCUT2D eigenvalue weighted by Crippen LogP contribution is 2.31. The lowest BCUT2D eigenvalue weighted by molar-refractivity contribution is 0.415. The Morgan fingerprint density at radius 3 is 2.74 bits per heavy atom. The molecule has 2 rings (SSSR count). The minimum Gasteiger partial charge on any atom is -0.497 e. The highest BCUT2D eigenvalue weighted by Gasteiger charge is 2.10. The second-order valence-corrected chi connectivity index (χ2v) is 4.15. The van der Waals surface area contributed by atoms with E-state index in [4.69, 9.17) is 21.6 Å². The molecule has 0 aliphatic carbocycles. The van der Waals surface area contributed by atoms with E-state index < -0.39 is 5.82 Å². The van der Waals surface area contributed by atoms with Gasteiger partial charge in [0.2, 0.25) is 0 Å². The molecule has 19 heavy (non-hydrogen) atoms. The van der Waals surface area contributed by atoms with Crippen molar-refractivity contribution in [2.75, 3.05) is 12.4 Å². The number of anilines is 2. The third-order valence-corrected chi connectivity index (χ3v) is 2.90. The molecule has 1 N–H and O–H groups in total. The van der Waals surface area contributed by atoms with Gasteiger partial charge < -0.3 is 10.1 Å². The Balaban J connectivity index is 2.42. The summed E-state index contributed by atoms with van der Waals surface area (Å²) in [5.74, 6) is 0.0355. The van der Waals surface area contributed by atoms with Crippen LogP contribution < -0.4 is 10.1 Å². The Kier molecular flexibility index (Phi) is 3.88. The Hall–Kier alpha value is -2.25. The van der Waals surface area contributed by atoms with Crippen molar-refractivity contribution in [1.29, 1.82) is 5.26 Å². The van der Waals surface area contributed by atoms with Gasteiger partial charge in [-0.3, -0.25) is 0 Å². The zero-order valence-electron chi connectivity index (χ0n) is 10.1. The summed E-state index contributed by atoms with van der Waals surface area (Å²) in [6.07, 6.45) is 0. The van der Waals surface area contributed by atoms with Crippen LogP contribution in [0.15, 0.2) is 36.4 Å². The molecule has 0 amide bonds. The van der Waals surface area contributed by atoms with E-state index in [1.807, 2.05) is 6.07 Å². The highest BCUT2D eigenvalue weighted by molar-refractivity contribution is 6.33. The summed E-state index contributed by atoms with van der Waals surface area (Å²) < 4.78 is 18.6. The van der Waals surface area contributed by atoms with Crippen LogP contribution in [0, 0.1) is 17.1 Å². The zero-order valence-corrected chi connectivity index (χ0v) is 10.8. The van der Waals surface area contributed by atoms with Crippen LogP contribution in [0.5, 0.6) is 5.75 Å². The number of halogens is 2. The van der Waals surface area contributed by atoms with Gasteiger partial charge in [-0.25, -0.2) is 4.39 Å². The summed E-state index contributed by atoms with van der Waals surface area (Å²) >= 11 is 6.04. The van der Waals surface area contributed by atoms with Gasteiger partial charge >= 0.3 is 0 Å². The van der Waals surface area contributed by atoms with Crippen molar-refractivity contribution >= 4 is 23.0 Å². The predicted molar refractivity (Wildman–Crippen MR) is 72.4 cm³/mol. The number of hydrogen-bond donors (Lipinski definition) is 1. The first-order valence-electron chi connectivity index (χ1n) is 5.45. The summed E-state index contributed by atoms with van der Waals surface area (Å²) in [6.45, 7) is 0. The molecule has 0 spiro atoms. The molecular formula is C14H10ClFN2O. The maximum atomic E-state index is 13.5. The number of rotatable bonds is 3. The molecule has 2 aromatic rings. The quantitative estimate of drug-likeness (QED) is 0.918. The van der Waals surface area contributed by atoms with E-state index in [0.29, 0.717) is 22.1 Å². The smallest absolute Gasteiger partial charge is 0.143 e. The second-order valence-electron chi connectivity index (χ2n) is 3.74. The van der Waals surface area contributed by atoms with Crippen molar-refractivity contribution in [2.45, 2.75) is 0 Å². The summed E-state index contributed by atoms with van der Waals surface area (Å²) in [5.41, 5.74) is 0.849. The molecule has 5 heteroatoms. The topological polar surface area (TPSA) is 45.0 Å². The normalized spacial score (nSPS) is 9.79. The largest absolute Gasteiger partial charge is 0.497 e. The number of nitriles is 1. The summed E-state index contributed by atoms with van der Waals surface area (Å²) in [5, 5.41) is 12.3. The van der Waals surface area contributed by atoms with E-state index in [9.17, 15) is 4.39 Å². The molecule has 0 aromatic heterocycles. The third kappa shape index (κ3) is 2.78. The van der Waals surface area contributed by atoms with Gasteiger partial charge in [-0.1, -0.05) is 17.7 Å². The molecule has 0 bridgehead atoms. The predicted octanol–water partition coefficient (Wildman–Crippen LogP) is 4.10. The summed E-state index contributed by atoms with van der Waals surface area (Å²) in [7, 11) is 1.54. The maximum Gasteiger partial charge on any atom is 0.143 e. The van der Waals surface area contributed by atoms with Gasteiger partial charge in [-0.2, -0.15) is 5.26 Å². The van der Waals surface area contributed by atoms with E-state index >= 15 is 0 Å². The Morgan fingerprint density at radius 1 is 1.26 bits per heavy atom. The zero-order chi connectivity index (χ0) is 13.8. The molecule has 0 fully saturated rings. The molecular weight excluding hydrogens is 267 g/mol. The molecule has 0 aliphatic rings. The second kappa shape index (κ2) is 5.59. The highest BCUT2D eigenvalue weighted by atomic mass is 35.5. The monoisotopic (exact) mass is 276 g/mol. The van der Waals surface area contributed by atoms with Gasteiger partial charge in [0.1, 0.15) is 23.2 Å². The van der Waals surface area contributed by atoms with Crippen LogP contribution in [0.2, 0.25) is 5.02 Å². The van der Waals surface area contributed by atoms with Gasteiger partial charge in [0, 0.05) is 6.07 Å². The number of nitrogens with zero attached hydrogens (tertiary/aromatic N) is 1. The van der Waals surface area contributed by atoms with Crippen molar-refractivity contribution in [3.8, 4) is 11.8 Å². The van der Waals surface area contributed by atoms with E-state index in [-0.39, 0.29) is 5.56 Å². The molecule has 0 unspecified atom stereocenters. The fourth-order valence-corrected chi connectivity index (χ4v) is 1.78. The van der Waals surface area contributed by atoms with Crippen LogP contribution in [0.3, 0.4) is 0 Å². The van der Waals surface area contributed by atoms with E-state index in [2.05, 4.69) is 5.32 Å². The standard InChI is InChI=1S/C14H10ClFN2O/c1-19-9-5-6-11(15)14(7-9)18-13-4-2-3-12(16)10(13)8-17/h2-7,18H,1H3. The number of nitrogens with one attached hydrogen (secondary N) is 1. The molecule has 0 atom stereocenters. The van der Waals surface area contributed by atoms with Crippen molar-refractivity contribution in [1.82, 2.24) is 0 Å². The van der Waals surface area contributed by atoms with Crippen LogP contribution in [-0.2, 0) is 0 Å². The lowest BCUT2D eigenvalue weighted by Gasteiger charge is -2.11. The van der Waals surface area contributed by atoms with Gasteiger partial charge in [-0.05, 0) is 24.3 Å². The van der Waals surface area contributed by atoms with E-state index in [0.717, 1.165) is 0 Å². The molecule has 0 heterocycles. The van der Waals surface area contributed by atoms with Crippen LogP contribution in [0.25, 0.3) is 0 Å². The van der Waals surface area contributed by atoms with Gasteiger partial charge in [-0.15, -0.1) is 0 Å². The molecule has 0 aliphatic heterocycles. The van der Waals surface area contributed by atoms with Crippen molar-refractivity contribution in [3.63, 3.8) is 0 Å². The number of hydrogen-bond acceptors (Lipinski definition) is 3. The summed E-state index contributed by atoms with van der Waals surface area (Å²) in [4.78, 5) is 0. The average molecular weight is 277 g/mol. The van der Waals surface area contributed by atoms with Gasteiger partial charge in [0.15, 0.2) is 0 Å². The average Bonchev–Trinajstić information content (AvgIpc) is 2.41. The van der Waals surface area contributed by atoms with Crippen molar-refractivity contribution < 1.29 is 9.13 Å². The SMILES string of the molecule is COc1ccc(Cl)c(Nc2cccc(F)c2C#N)c1. The lowest BCUT2D eigenvalue weighted by atomic mass is 10.1. The molecule has 3 nitrogen and oxygen atoms in total. The Bertz CT molecular complexity index is 652. The van der Waals surface area contributed by atoms with Gasteiger partial charge in [0.05, 0.1) is 23.5 Å². The first-order valence-corrected chi connectivity index (χ1v) is 5.82. The minimum atomic E-state index is -0.577. The fraction of sp³-hybridized carbons (Fsp3) is 0.0714. The van der Waals surface area contributed by atoms with Crippen LogP contribution in [0.1, 0.15) is 5.56 Å². The molecule has 0 saturated carbocycles. The number of benzene rings is 2. The fourth-order valence-electron chi connectivity index (χ4n) is 1.61. The van der Waals surface area contributed by atoms with E-state index in [1.54, 1.807) is 24.3 Å². The number of methoxy groups -OCH3 is 1.